The van der Waals surface area contributed by atoms with Gasteiger partial charge in [0.05, 0.1) is 6.54 Å². The van der Waals surface area contributed by atoms with Gasteiger partial charge in [-0.3, -0.25) is 4.79 Å². The molecule has 0 saturated carbocycles. The third-order valence-corrected chi connectivity index (χ3v) is 2.54. The fourth-order valence-corrected chi connectivity index (χ4v) is 1.63. The molecule has 0 aliphatic rings. The predicted octanol–water partition coefficient (Wildman–Crippen LogP) is 0.0795. The maximum atomic E-state index is 11.5. The monoisotopic (exact) mass is 238 g/mol. The number of carbonyl (C=O) groups excluding carboxylic acids is 1. The summed E-state index contributed by atoms with van der Waals surface area (Å²) in [6.07, 6.45) is 1.63. The van der Waals surface area contributed by atoms with Gasteiger partial charge in [-0.2, -0.15) is 0 Å². The lowest BCUT2D eigenvalue weighted by atomic mass is 10.4. The number of aryl methyl sites for hydroxylation is 1. The largest absolute Gasteiger partial charge is 0.343 e. The molecule has 0 aliphatic heterocycles. The van der Waals surface area contributed by atoms with Gasteiger partial charge in [0.25, 0.3) is 5.91 Å². The van der Waals surface area contributed by atoms with Gasteiger partial charge in [0.1, 0.15) is 6.33 Å². The average molecular weight is 238 g/mol. The van der Waals surface area contributed by atoms with E-state index in [0.717, 1.165) is 23.9 Å². The predicted molar refractivity (Wildman–Crippen MR) is 56.8 cm³/mol. The molecule has 0 radical (unpaired) electrons. The van der Waals surface area contributed by atoms with E-state index in [1.165, 1.54) is 0 Å². The van der Waals surface area contributed by atoms with E-state index in [1.807, 2.05) is 11.5 Å². The molecule has 0 bridgehead atoms. The minimum Gasteiger partial charge on any atom is -0.343 e. The second-order valence-electron chi connectivity index (χ2n) is 3.01. The summed E-state index contributed by atoms with van der Waals surface area (Å²) in [6.45, 7) is 3.10. The summed E-state index contributed by atoms with van der Waals surface area (Å²) in [5.74, 6) is 0.471. The number of rotatable bonds is 4. The fourth-order valence-electron chi connectivity index (χ4n) is 1.19. The summed E-state index contributed by atoms with van der Waals surface area (Å²) in [5, 5.41) is 15.6. The van der Waals surface area contributed by atoms with E-state index >= 15 is 0 Å². The third-order valence-electron chi connectivity index (χ3n) is 2.04. The Labute approximate surface area is 95.7 Å². The van der Waals surface area contributed by atoms with Crippen LogP contribution in [0.2, 0.25) is 0 Å². The summed E-state index contributed by atoms with van der Waals surface area (Å²) < 4.78 is 5.48. The molecule has 0 atom stereocenters. The summed E-state index contributed by atoms with van der Waals surface area (Å²) in [4.78, 5) is 11.5. The SMILES string of the molecule is CCn1cnnc1CNC(=O)c1csnn1. The molecule has 2 rings (SSSR count). The van der Waals surface area contributed by atoms with E-state index in [0.29, 0.717) is 12.2 Å². The number of amides is 1. The van der Waals surface area contributed by atoms with E-state index in [2.05, 4.69) is 25.1 Å². The van der Waals surface area contributed by atoms with Crippen molar-refractivity contribution in [1.29, 1.82) is 0 Å². The second-order valence-corrected chi connectivity index (χ2v) is 3.62. The second kappa shape index (κ2) is 4.79. The first kappa shape index (κ1) is 10.7. The van der Waals surface area contributed by atoms with Gasteiger partial charge in [-0.05, 0) is 18.5 Å². The molecule has 0 fully saturated rings. The topological polar surface area (TPSA) is 85.6 Å². The maximum Gasteiger partial charge on any atom is 0.273 e. The molecule has 7 nitrogen and oxygen atoms in total. The molecule has 0 unspecified atom stereocenters. The molecule has 1 N–H and O–H groups in total. The Bertz CT molecular complexity index is 465. The van der Waals surface area contributed by atoms with Crippen LogP contribution in [-0.4, -0.2) is 30.3 Å². The van der Waals surface area contributed by atoms with E-state index < -0.39 is 0 Å². The van der Waals surface area contributed by atoms with Gasteiger partial charge in [-0.25, -0.2) is 0 Å². The van der Waals surface area contributed by atoms with Crippen LogP contribution >= 0.6 is 11.5 Å². The average Bonchev–Trinajstić information content (AvgIpc) is 2.96. The maximum absolute atomic E-state index is 11.5. The lowest BCUT2D eigenvalue weighted by molar-refractivity contribution is 0.0944. The first-order chi connectivity index (χ1) is 7.81. The summed E-state index contributed by atoms with van der Waals surface area (Å²) >= 11 is 1.14. The molecule has 2 heterocycles. The fraction of sp³-hybridized carbons (Fsp3) is 0.375. The Hall–Kier alpha value is -1.83. The van der Waals surface area contributed by atoms with Gasteiger partial charge < -0.3 is 9.88 Å². The third kappa shape index (κ3) is 2.22. The van der Waals surface area contributed by atoms with Gasteiger partial charge >= 0.3 is 0 Å². The van der Waals surface area contributed by atoms with Crippen LogP contribution in [0.3, 0.4) is 0 Å². The van der Waals surface area contributed by atoms with Gasteiger partial charge in [0.15, 0.2) is 11.5 Å². The van der Waals surface area contributed by atoms with Crippen LogP contribution in [-0.2, 0) is 13.1 Å². The van der Waals surface area contributed by atoms with Crippen molar-refractivity contribution in [2.24, 2.45) is 0 Å². The zero-order valence-electron chi connectivity index (χ0n) is 8.62. The van der Waals surface area contributed by atoms with Gasteiger partial charge in [0.2, 0.25) is 0 Å². The van der Waals surface area contributed by atoms with E-state index in [1.54, 1.807) is 11.7 Å². The molecule has 0 spiro atoms. The molecule has 2 aromatic heterocycles. The smallest absolute Gasteiger partial charge is 0.273 e. The first-order valence-electron chi connectivity index (χ1n) is 4.73. The van der Waals surface area contributed by atoms with Crippen molar-refractivity contribution >= 4 is 17.4 Å². The van der Waals surface area contributed by atoms with Crippen LogP contribution in [0.4, 0.5) is 0 Å². The number of aromatic nitrogens is 5. The Morgan fingerprint density at radius 3 is 3.12 bits per heavy atom. The molecule has 0 saturated heterocycles. The molecular weight excluding hydrogens is 228 g/mol. The minimum atomic E-state index is -0.251. The minimum absolute atomic E-state index is 0.251. The van der Waals surface area contributed by atoms with Gasteiger partial charge in [-0.15, -0.1) is 15.3 Å². The van der Waals surface area contributed by atoms with Crippen molar-refractivity contribution in [3.63, 3.8) is 0 Å². The quantitative estimate of drug-likeness (QED) is 0.815. The zero-order chi connectivity index (χ0) is 11.4. The summed E-state index contributed by atoms with van der Waals surface area (Å²) in [5.41, 5.74) is 0.326. The summed E-state index contributed by atoms with van der Waals surface area (Å²) in [7, 11) is 0. The van der Waals surface area contributed by atoms with Crippen molar-refractivity contribution in [2.45, 2.75) is 20.0 Å². The number of carbonyl (C=O) groups is 1. The molecule has 8 heteroatoms. The highest BCUT2D eigenvalue weighted by Gasteiger charge is 2.10. The molecule has 0 aromatic carbocycles. The van der Waals surface area contributed by atoms with Crippen LogP contribution in [0.25, 0.3) is 0 Å². The highest BCUT2D eigenvalue weighted by atomic mass is 32.1. The highest BCUT2D eigenvalue weighted by molar-refractivity contribution is 7.03. The highest BCUT2D eigenvalue weighted by Crippen LogP contribution is 1.98. The van der Waals surface area contributed by atoms with Crippen molar-refractivity contribution in [3.05, 3.63) is 23.2 Å². The molecule has 84 valence electrons. The Morgan fingerprint density at radius 2 is 2.44 bits per heavy atom. The Morgan fingerprint density at radius 1 is 1.56 bits per heavy atom. The normalized spacial score (nSPS) is 10.3. The van der Waals surface area contributed by atoms with Gasteiger partial charge in [-0.1, -0.05) is 4.49 Å². The van der Waals surface area contributed by atoms with E-state index in [4.69, 9.17) is 0 Å². The summed E-state index contributed by atoms with van der Waals surface area (Å²) in [6, 6.07) is 0. The van der Waals surface area contributed by atoms with Crippen LogP contribution in [0.15, 0.2) is 11.7 Å². The van der Waals surface area contributed by atoms with Crippen LogP contribution in [0, 0.1) is 0 Å². The Kier molecular flexibility index (Phi) is 3.20. The van der Waals surface area contributed by atoms with Crippen LogP contribution in [0.5, 0.6) is 0 Å². The zero-order valence-corrected chi connectivity index (χ0v) is 9.44. The molecule has 1 amide bonds. The van der Waals surface area contributed by atoms with Crippen LogP contribution in [0.1, 0.15) is 23.2 Å². The van der Waals surface area contributed by atoms with Crippen molar-refractivity contribution < 1.29 is 4.79 Å². The van der Waals surface area contributed by atoms with Gasteiger partial charge in [0, 0.05) is 11.9 Å². The van der Waals surface area contributed by atoms with Crippen molar-refractivity contribution in [3.8, 4) is 0 Å². The van der Waals surface area contributed by atoms with Crippen LogP contribution < -0.4 is 5.32 Å². The molecular formula is C8H10N6OS. The van der Waals surface area contributed by atoms with Crippen molar-refractivity contribution in [2.75, 3.05) is 0 Å². The first-order valence-corrected chi connectivity index (χ1v) is 5.57. The molecule has 0 aliphatic carbocycles. The molecule has 16 heavy (non-hydrogen) atoms. The van der Waals surface area contributed by atoms with Crippen molar-refractivity contribution in [1.82, 2.24) is 29.7 Å². The number of nitrogens with one attached hydrogen (secondary N) is 1. The lowest BCUT2D eigenvalue weighted by Crippen LogP contribution is -2.25. The lowest BCUT2D eigenvalue weighted by Gasteiger charge is -2.03. The molecule has 2 aromatic rings. The van der Waals surface area contributed by atoms with E-state index in [9.17, 15) is 4.79 Å². The number of hydrogen-bond acceptors (Lipinski definition) is 6. The number of nitrogens with zero attached hydrogens (tertiary/aromatic N) is 5. The van der Waals surface area contributed by atoms with E-state index in [-0.39, 0.29) is 5.91 Å². The Balaban J connectivity index is 1.95. The standard InChI is InChI=1S/C8H10N6OS/c1-2-14-5-10-12-7(14)3-9-8(15)6-4-16-13-11-6/h4-5H,2-3H2,1H3,(H,9,15). The number of hydrogen-bond donors (Lipinski definition) is 1.